The maximum Gasteiger partial charge on any atom is 0.326 e. The molecular formula is C25H24N3O2+. The van der Waals surface area contributed by atoms with Gasteiger partial charge in [-0.15, -0.1) is 0 Å². The lowest BCUT2D eigenvalue weighted by molar-refractivity contribution is -0.537. The Labute approximate surface area is 175 Å². The number of rotatable bonds is 2. The monoisotopic (exact) mass is 398 g/mol. The van der Waals surface area contributed by atoms with E-state index in [1.165, 1.54) is 24.8 Å². The molecule has 5 nitrogen and oxygen atoms in total. The number of nitrogens with zero attached hydrogens (tertiary/aromatic N) is 3. The summed E-state index contributed by atoms with van der Waals surface area (Å²) in [4.78, 5) is 9.54. The van der Waals surface area contributed by atoms with Crippen LogP contribution in [0.5, 0.6) is 5.95 Å². The van der Waals surface area contributed by atoms with E-state index in [1.807, 2.05) is 36.4 Å². The van der Waals surface area contributed by atoms with Crippen molar-refractivity contribution in [3.63, 3.8) is 0 Å². The van der Waals surface area contributed by atoms with E-state index in [1.54, 1.807) is 0 Å². The summed E-state index contributed by atoms with van der Waals surface area (Å²) in [5.74, 6) is 1.17. The molecule has 0 spiro atoms. The quantitative estimate of drug-likeness (QED) is 0.673. The predicted octanol–water partition coefficient (Wildman–Crippen LogP) is 3.45. The number of hydrogen-bond acceptors (Lipinski definition) is 3. The molecule has 5 rings (SSSR count). The van der Waals surface area contributed by atoms with Gasteiger partial charge in [0.1, 0.15) is 5.69 Å². The first-order valence-corrected chi connectivity index (χ1v) is 10.4. The average Bonchev–Trinajstić information content (AvgIpc) is 3.15. The molecule has 5 heteroatoms. The Morgan fingerprint density at radius 2 is 1.83 bits per heavy atom. The van der Waals surface area contributed by atoms with Gasteiger partial charge in [-0.1, -0.05) is 30.3 Å². The first kappa shape index (κ1) is 18.6. The van der Waals surface area contributed by atoms with Crippen molar-refractivity contribution in [3.05, 3.63) is 75.9 Å². The minimum atomic E-state index is -0.178. The van der Waals surface area contributed by atoms with Crippen molar-refractivity contribution in [2.45, 2.75) is 26.2 Å². The maximum atomic E-state index is 10.4. The number of piperidine rings is 1. The third kappa shape index (κ3) is 3.59. The highest BCUT2D eigenvalue weighted by atomic mass is 16.5. The minimum absolute atomic E-state index is 0.178. The number of aryl methyl sites for hydroxylation is 1. The second-order valence-electron chi connectivity index (χ2n) is 7.86. The molecule has 1 fully saturated rings. The van der Waals surface area contributed by atoms with E-state index in [0.717, 1.165) is 40.6 Å². The number of benzene rings is 2. The van der Waals surface area contributed by atoms with Crippen LogP contribution < -0.4 is 10.6 Å². The van der Waals surface area contributed by atoms with Crippen LogP contribution >= 0.6 is 0 Å². The van der Waals surface area contributed by atoms with Gasteiger partial charge in [-0.2, -0.15) is 0 Å². The smallest absolute Gasteiger partial charge is 0.326 e. The van der Waals surface area contributed by atoms with E-state index in [4.69, 9.17) is 9.41 Å². The van der Waals surface area contributed by atoms with Crippen LogP contribution in [-0.4, -0.2) is 33.6 Å². The Bertz CT molecular complexity index is 1280. The Morgan fingerprint density at radius 3 is 2.63 bits per heavy atom. The molecule has 3 aromatic rings. The standard InChI is InChI=1S/C25H23N3O2/c1-17-10-11-19-15-20(23(26-21(19)14-17)28-12-6-3-7-13-28)16-22-25(29)30-24(27-22)18-8-4-2-5-9-18/h2,4-5,8-11,14-16H,3,6-7,12-13H2,1H3/p+1. The molecule has 2 aromatic carbocycles. The van der Waals surface area contributed by atoms with Gasteiger partial charge in [0.15, 0.2) is 5.36 Å². The lowest BCUT2D eigenvalue weighted by Crippen LogP contribution is -2.36. The summed E-state index contributed by atoms with van der Waals surface area (Å²) in [5, 5.41) is 12.5. The van der Waals surface area contributed by atoms with Crippen molar-refractivity contribution in [3.8, 4) is 17.4 Å². The van der Waals surface area contributed by atoms with E-state index >= 15 is 0 Å². The Balaban J connectivity index is 1.65. The highest BCUT2D eigenvalue weighted by Crippen LogP contribution is 2.28. The van der Waals surface area contributed by atoms with E-state index in [-0.39, 0.29) is 5.95 Å². The van der Waals surface area contributed by atoms with Crippen molar-refractivity contribution in [2.75, 3.05) is 13.1 Å². The average molecular weight is 398 g/mol. The van der Waals surface area contributed by atoms with E-state index in [2.05, 4.69) is 40.8 Å². The fourth-order valence-corrected chi connectivity index (χ4v) is 4.02. The lowest BCUT2D eigenvalue weighted by atomic mass is 10.1. The molecule has 1 N–H and O–H groups in total. The van der Waals surface area contributed by atoms with Crippen LogP contribution in [0.15, 0.2) is 63.5 Å². The molecule has 30 heavy (non-hydrogen) atoms. The molecule has 150 valence electrons. The second-order valence-corrected chi connectivity index (χ2v) is 7.86. The molecule has 0 radical (unpaired) electrons. The third-order valence-corrected chi connectivity index (χ3v) is 5.58. The molecule has 0 atom stereocenters. The molecule has 0 amide bonds. The number of aromatic hydroxyl groups is 1. The third-order valence-electron chi connectivity index (χ3n) is 5.58. The predicted molar refractivity (Wildman–Crippen MR) is 117 cm³/mol. The van der Waals surface area contributed by atoms with Crippen LogP contribution in [0, 0.1) is 6.92 Å². The van der Waals surface area contributed by atoms with Crippen molar-refractivity contribution >= 4 is 18.0 Å². The molecule has 0 aliphatic carbocycles. The SMILES string of the molecule is Cc1ccc2c(c1)=NC(=[N+]1CCCCC1)/C(=C/c1nc(-c3ccccc3)oc1O)C=2. The van der Waals surface area contributed by atoms with E-state index < -0.39 is 0 Å². The van der Waals surface area contributed by atoms with E-state index in [9.17, 15) is 5.11 Å². The molecule has 0 saturated carbocycles. The lowest BCUT2D eigenvalue weighted by Gasteiger charge is -2.15. The van der Waals surface area contributed by atoms with Crippen molar-refractivity contribution < 1.29 is 14.1 Å². The molecule has 0 bridgehead atoms. The maximum absolute atomic E-state index is 10.4. The van der Waals surface area contributed by atoms with Gasteiger partial charge in [0.25, 0.3) is 0 Å². The number of aromatic nitrogens is 1. The van der Waals surface area contributed by atoms with Gasteiger partial charge in [0.05, 0.1) is 18.7 Å². The van der Waals surface area contributed by atoms with Crippen molar-refractivity contribution in [2.24, 2.45) is 4.99 Å². The zero-order chi connectivity index (χ0) is 20.5. The summed E-state index contributed by atoms with van der Waals surface area (Å²) < 4.78 is 7.88. The first-order chi connectivity index (χ1) is 14.7. The van der Waals surface area contributed by atoms with Crippen LogP contribution in [0.4, 0.5) is 0 Å². The van der Waals surface area contributed by atoms with Crippen LogP contribution in [0.25, 0.3) is 23.6 Å². The van der Waals surface area contributed by atoms with Crippen LogP contribution in [0.1, 0.15) is 30.5 Å². The van der Waals surface area contributed by atoms with E-state index in [0.29, 0.717) is 11.6 Å². The fourth-order valence-electron chi connectivity index (χ4n) is 4.02. The first-order valence-electron chi connectivity index (χ1n) is 10.4. The molecule has 0 unspecified atom stereocenters. The second kappa shape index (κ2) is 7.75. The largest absolute Gasteiger partial charge is 0.479 e. The number of amidine groups is 1. The molecule has 1 aromatic heterocycles. The summed E-state index contributed by atoms with van der Waals surface area (Å²) in [6.45, 7) is 4.07. The van der Waals surface area contributed by atoms with Gasteiger partial charge in [-0.25, -0.2) is 4.98 Å². The van der Waals surface area contributed by atoms with Gasteiger partial charge >= 0.3 is 11.8 Å². The minimum Gasteiger partial charge on any atom is -0.479 e. The summed E-state index contributed by atoms with van der Waals surface area (Å²) in [6, 6.07) is 15.9. The fraction of sp³-hybridized carbons (Fsp3) is 0.240. The molecule has 3 heterocycles. The number of oxazole rings is 1. The Morgan fingerprint density at radius 1 is 1.03 bits per heavy atom. The molecular weight excluding hydrogens is 374 g/mol. The van der Waals surface area contributed by atoms with Gasteiger partial charge in [-0.3, -0.25) is 4.58 Å². The number of hydrogen-bond donors (Lipinski definition) is 1. The summed E-state index contributed by atoms with van der Waals surface area (Å²) in [7, 11) is 0. The molecule has 2 aliphatic rings. The zero-order valence-corrected chi connectivity index (χ0v) is 17.0. The van der Waals surface area contributed by atoms with Gasteiger partial charge < -0.3 is 9.52 Å². The van der Waals surface area contributed by atoms with Crippen molar-refractivity contribution in [1.82, 2.24) is 4.98 Å². The Hall–Kier alpha value is -3.47. The van der Waals surface area contributed by atoms with Crippen LogP contribution in [0.3, 0.4) is 0 Å². The van der Waals surface area contributed by atoms with Gasteiger partial charge in [0.2, 0.25) is 5.89 Å². The van der Waals surface area contributed by atoms with Crippen LogP contribution in [0.2, 0.25) is 0 Å². The molecule has 2 aliphatic heterocycles. The highest BCUT2D eigenvalue weighted by Gasteiger charge is 2.24. The van der Waals surface area contributed by atoms with Crippen molar-refractivity contribution in [1.29, 1.82) is 0 Å². The van der Waals surface area contributed by atoms with Crippen LogP contribution in [-0.2, 0) is 0 Å². The summed E-state index contributed by atoms with van der Waals surface area (Å²) >= 11 is 0. The Kier molecular flexibility index (Phi) is 4.79. The van der Waals surface area contributed by atoms with Gasteiger partial charge in [0, 0.05) is 10.8 Å². The highest BCUT2D eigenvalue weighted by molar-refractivity contribution is 6.08. The molecule has 1 saturated heterocycles. The summed E-state index contributed by atoms with van der Waals surface area (Å²) in [5.41, 5.74) is 3.38. The zero-order valence-electron chi connectivity index (χ0n) is 17.0. The number of fused-ring (bicyclic) bond motifs is 1. The topological polar surface area (TPSA) is 61.6 Å². The normalized spacial score (nSPS) is 17.4. The van der Waals surface area contributed by atoms with Gasteiger partial charge in [-0.05, 0) is 67.1 Å². The summed E-state index contributed by atoms with van der Waals surface area (Å²) in [6.07, 6.45) is 7.59.